The van der Waals surface area contributed by atoms with Gasteiger partial charge in [-0.05, 0) is 41.7 Å². The van der Waals surface area contributed by atoms with Crippen LogP contribution in [0.3, 0.4) is 0 Å². The second kappa shape index (κ2) is 6.87. The maximum atomic E-state index is 13.0. The molecule has 0 saturated heterocycles. The van der Waals surface area contributed by atoms with Crippen LogP contribution in [0.25, 0.3) is 0 Å². The van der Waals surface area contributed by atoms with E-state index < -0.39 is 0 Å². The topological polar surface area (TPSA) is 53.4 Å². The van der Waals surface area contributed by atoms with Crippen molar-refractivity contribution in [1.29, 1.82) is 0 Å². The minimum absolute atomic E-state index is 0.0391. The standard InChI is InChI=1S/C18H19FN2O2/c19-15-5-3-14(4-6-15)16-10-17(16)18(23)21(8-9-22)12-13-2-1-7-20-11-13/h1-7,11,16-17,22H,8-10,12H2. The third-order valence-corrected chi connectivity index (χ3v) is 4.18. The van der Waals surface area contributed by atoms with E-state index >= 15 is 0 Å². The first-order valence-corrected chi connectivity index (χ1v) is 7.73. The molecule has 0 aliphatic heterocycles. The number of halogens is 1. The van der Waals surface area contributed by atoms with Gasteiger partial charge in [-0.3, -0.25) is 9.78 Å². The molecule has 120 valence electrons. The summed E-state index contributed by atoms with van der Waals surface area (Å²) in [5.74, 6) is -0.158. The van der Waals surface area contributed by atoms with Gasteiger partial charge in [0, 0.05) is 31.4 Å². The van der Waals surface area contributed by atoms with Crippen LogP contribution in [0.2, 0.25) is 0 Å². The largest absolute Gasteiger partial charge is 0.395 e. The average Bonchev–Trinajstić information content (AvgIpc) is 3.36. The summed E-state index contributed by atoms with van der Waals surface area (Å²) in [5.41, 5.74) is 1.93. The Morgan fingerprint density at radius 1 is 1.30 bits per heavy atom. The summed E-state index contributed by atoms with van der Waals surface area (Å²) in [6, 6.07) is 10.1. The molecule has 1 amide bonds. The third-order valence-electron chi connectivity index (χ3n) is 4.18. The van der Waals surface area contributed by atoms with Crippen molar-refractivity contribution in [2.75, 3.05) is 13.2 Å². The van der Waals surface area contributed by atoms with E-state index in [1.807, 2.05) is 12.1 Å². The molecule has 4 nitrogen and oxygen atoms in total. The first-order chi connectivity index (χ1) is 11.2. The number of hydrogen-bond donors (Lipinski definition) is 1. The van der Waals surface area contributed by atoms with E-state index in [4.69, 9.17) is 0 Å². The van der Waals surface area contributed by atoms with E-state index in [9.17, 15) is 14.3 Å². The van der Waals surface area contributed by atoms with Crippen LogP contribution < -0.4 is 0 Å². The van der Waals surface area contributed by atoms with Gasteiger partial charge in [-0.15, -0.1) is 0 Å². The van der Waals surface area contributed by atoms with Crippen molar-refractivity contribution in [1.82, 2.24) is 9.88 Å². The van der Waals surface area contributed by atoms with Crippen LogP contribution in [0.5, 0.6) is 0 Å². The molecule has 1 aliphatic rings. The molecule has 5 heteroatoms. The fourth-order valence-corrected chi connectivity index (χ4v) is 2.88. The first-order valence-electron chi connectivity index (χ1n) is 7.73. The Kier molecular flexibility index (Phi) is 4.67. The number of aromatic nitrogens is 1. The van der Waals surface area contributed by atoms with Gasteiger partial charge in [0.1, 0.15) is 5.82 Å². The number of carbonyl (C=O) groups excluding carboxylic acids is 1. The fourth-order valence-electron chi connectivity index (χ4n) is 2.88. The van der Waals surface area contributed by atoms with Crippen molar-refractivity contribution < 1.29 is 14.3 Å². The number of amides is 1. The molecule has 0 radical (unpaired) electrons. The Hall–Kier alpha value is -2.27. The monoisotopic (exact) mass is 314 g/mol. The van der Waals surface area contributed by atoms with Crippen LogP contribution in [-0.2, 0) is 11.3 Å². The van der Waals surface area contributed by atoms with Gasteiger partial charge in [0.05, 0.1) is 6.61 Å². The predicted molar refractivity (Wildman–Crippen MR) is 84.0 cm³/mol. The van der Waals surface area contributed by atoms with Gasteiger partial charge < -0.3 is 10.0 Å². The van der Waals surface area contributed by atoms with Crippen LogP contribution in [0.1, 0.15) is 23.5 Å². The number of aliphatic hydroxyl groups excluding tert-OH is 1. The molecule has 2 aromatic rings. The SMILES string of the molecule is O=C(C1CC1c1ccc(F)cc1)N(CCO)Cc1cccnc1. The minimum Gasteiger partial charge on any atom is -0.395 e. The smallest absolute Gasteiger partial charge is 0.226 e. The van der Waals surface area contributed by atoms with Crippen molar-refractivity contribution in [2.24, 2.45) is 5.92 Å². The molecule has 23 heavy (non-hydrogen) atoms. The van der Waals surface area contributed by atoms with Gasteiger partial charge in [-0.1, -0.05) is 18.2 Å². The highest BCUT2D eigenvalue weighted by Gasteiger charge is 2.45. The number of hydrogen-bond acceptors (Lipinski definition) is 3. The molecule has 1 aromatic carbocycles. The number of benzene rings is 1. The lowest BCUT2D eigenvalue weighted by atomic mass is 10.1. The molecule has 2 atom stereocenters. The maximum Gasteiger partial charge on any atom is 0.226 e. The summed E-state index contributed by atoms with van der Waals surface area (Å²) < 4.78 is 13.0. The second-order valence-corrected chi connectivity index (χ2v) is 5.84. The highest BCUT2D eigenvalue weighted by atomic mass is 19.1. The summed E-state index contributed by atoms with van der Waals surface area (Å²) in [6.45, 7) is 0.681. The van der Waals surface area contributed by atoms with Crippen LogP contribution in [-0.4, -0.2) is 34.0 Å². The molecule has 1 aromatic heterocycles. The van der Waals surface area contributed by atoms with E-state index in [1.165, 1.54) is 12.1 Å². The molecule has 1 heterocycles. The van der Waals surface area contributed by atoms with E-state index in [0.717, 1.165) is 17.5 Å². The van der Waals surface area contributed by atoms with Crippen LogP contribution in [0, 0.1) is 11.7 Å². The number of rotatable bonds is 6. The normalized spacial score (nSPS) is 19.4. The van der Waals surface area contributed by atoms with E-state index in [1.54, 1.807) is 29.4 Å². The van der Waals surface area contributed by atoms with Crippen molar-refractivity contribution in [3.63, 3.8) is 0 Å². The zero-order chi connectivity index (χ0) is 16.2. The van der Waals surface area contributed by atoms with Crippen molar-refractivity contribution in [2.45, 2.75) is 18.9 Å². The summed E-state index contributed by atoms with van der Waals surface area (Å²) in [6.07, 6.45) is 4.19. The minimum atomic E-state index is -0.268. The molecule has 3 rings (SSSR count). The molecular weight excluding hydrogens is 295 g/mol. The van der Waals surface area contributed by atoms with Gasteiger partial charge in [0.15, 0.2) is 0 Å². The highest BCUT2D eigenvalue weighted by molar-refractivity contribution is 5.83. The maximum absolute atomic E-state index is 13.0. The lowest BCUT2D eigenvalue weighted by Crippen LogP contribution is -2.34. The van der Waals surface area contributed by atoms with Gasteiger partial charge >= 0.3 is 0 Å². The molecule has 1 N–H and O–H groups in total. The van der Waals surface area contributed by atoms with Crippen molar-refractivity contribution >= 4 is 5.91 Å². The summed E-state index contributed by atoms with van der Waals surface area (Å²) >= 11 is 0. The molecule has 1 fully saturated rings. The number of pyridine rings is 1. The quantitative estimate of drug-likeness (QED) is 0.890. The Labute approximate surface area is 134 Å². The molecule has 1 saturated carbocycles. The Morgan fingerprint density at radius 3 is 2.74 bits per heavy atom. The molecular formula is C18H19FN2O2. The summed E-state index contributed by atoms with van der Waals surface area (Å²) in [4.78, 5) is 18.4. The summed E-state index contributed by atoms with van der Waals surface area (Å²) in [5, 5.41) is 9.23. The van der Waals surface area contributed by atoms with Gasteiger partial charge in [0.25, 0.3) is 0 Å². The van der Waals surface area contributed by atoms with Crippen LogP contribution >= 0.6 is 0 Å². The first kappa shape index (κ1) is 15.6. The van der Waals surface area contributed by atoms with Gasteiger partial charge in [-0.25, -0.2) is 4.39 Å². The van der Waals surface area contributed by atoms with Crippen LogP contribution in [0.4, 0.5) is 4.39 Å². The lowest BCUT2D eigenvalue weighted by Gasteiger charge is -2.22. The van der Waals surface area contributed by atoms with Gasteiger partial charge in [0.2, 0.25) is 5.91 Å². The Bertz CT molecular complexity index is 660. The van der Waals surface area contributed by atoms with Crippen LogP contribution in [0.15, 0.2) is 48.8 Å². The Morgan fingerprint density at radius 2 is 2.09 bits per heavy atom. The molecule has 2 unspecified atom stereocenters. The fraction of sp³-hybridized carbons (Fsp3) is 0.333. The number of aliphatic hydroxyl groups is 1. The van der Waals surface area contributed by atoms with E-state index in [-0.39, 0.29) is 30.2 Å². The zero-order valence-electron chi connectivity index (χ0n) is 12.7. The van der Waals surface area contributed by atoms with E-state index in [0.29, 0.717) is 13.1 Å². The lowest BCUT2D eigenvalue weighted by molar-refractivity contribution is -0.133. The third kappa shape index (κ3) is 3.74. The zero-order valence-corrected chi connectivity index (χ0v) is 12.7. The molecule has 0 bridgehead atoms. The molecule has 1 aliphatic carbocycles. The average molecular weight is 314 g/mol. The van der Waals surface area contributed by atoms with Crippen molar-refractivity contribution in [3.8, 4) is 0 Å². The van der Waals surface area contributed by atoms with Crippen molar-refractivity contribution in [3.05, 3.63) is 65.7 Å². The predicted octanol–water partition coefficient (Wildman–Crippen LogP) is 2.35. The number of nitrogens with zero attached hydrogens (tertiary/aromatic N) is 2. The Balaban J connectivity index is 1.66. The number of carbonyl (C=O) groups is 1. The second-order valence-electron chi connectivity index (χ2n) is 5.84. The van der Waals surface area contributed by atoms with Gasteiger partial charge in [-0.2, -0.15) is 0 Å². The summed E-state index contributed by atoms with van der Waals surface area (Å²) in [7, 11) is 0. The molecule has 0 spiro atoms. The highest BCUT2D eigenvalue weighted by Crippen LogP contribution is 2.48. The van der Waals surface area contributed by atoms with E-state index in [2.05, 4.69) is 4.98 Å².